The molecule has 0 aliphatic rings. The average Bonchev–Trinajstić information content (AvgIpc) is 2.34. The van der Waals surface area contributed by atoms with Crippen LogP contribution in [0.5, 0.6) is 0 Å². The summed E-state index contributed by atoms with van der Waals surface area (Å²) in [5.74, 6) is 0.624. The molecule has 0 spiro atoms. The van der Waals surface area contributed by atoms with Gasteiger partial charge in [0.15, 0.2) is 0 Å². The standard InChI is InChI=1S/C15H24Cl2N2/c1-5-12(6-2)19(9-11(3)4)10-14-13(16)7-8-15(17)18-14/h7-8,11-12H,5-6,9-10H2,1-4H3. The first-order chi connectivity index (χ1) is 8.97. The van der Waals surface area contributed by atoms with E-state index in [0.717, 1.165) is 31.6 Å². The van der Waals surface area contributed by atoms with Crippen molar-refractivity contribution in [1.82, 2.24) is 9.88 Å². The summed E-state index contributed by atoms with van der Waals surface area (Å²) in [5.41, 5.74) is 0.877. The van der Waals surface area contributed by atoms with Crippen molar-refractivity contribution in [3.63, 3.8) is 0 Å². The second-order valence-electron chi connectivity index (χ2n) is 5.36. The van der Waals surface area contributed by atoms with Gasteiger partial charge in [-0.25, -0.2) is 4.98 Å². The molecule has 0 amide bonds. The van der Waals surface area contributed by atoms with Crippen molar-refractivity contribution in [1.29, 1.82) is 0 Å². The van der Waals surface area contributed by atoms with Crippen LogP contribution >= 0.6 is 23.2 Å². The highest BCUT2D eigenvalue weighted by molar-refractivity contribution is 6.32. The Morgan fingerprint density at radius 1 is 1.16 bits per heavy atom. The largest absolute Gasteiger partial charge is 0.294 e. The summed E-state index contributed by atoms with van der Waals surface area (Å²) in [6.07, 6.45) is 2.28. The lowest BCUT2D eigenvalue weighted by molar-refractivity contribution is 0.155. The van der Waals surface area contributed by atoms with Gasteiger partial charge in [-0.05, 0) is 30.9 Å². The van der Waals surface area contributed by atoms with E-state index in [1.165, 1.54) is 0 Å². The molecule has 1 heterocycles. The summed E-state index contributed by atoms with van der Waals surface area (Å²) in [6.45, 7) is 10.8. The first-order valence-electron chi connectivity index (χ1n) is 7.02. The number of nitrogens with zero attached hydrogens (tertiary/aromatic N) is 2. The minimum atomic E-state index is 0.508. The SMILES string of the molecule is CCC(CC)N(Cc1nc(Cl)ccc1Cl)CC(C)C. The van der Waals surface area contributed by atoms with Crippen LogP contribution in [-0.2, 0) is 6.54 Å². The zero-order chi connectivity index (χ0) is 14.4. The maximum absolute atomic E-state index is 6.22. The fourth-order valence-corrected chi connectivity index (χ4v) is 2.71. The van der Waals surface area contributed by atoms with Crippen molar-refractivity contribution in [3.8, 4) is 0 Å². The normalized spacial score (nSPS) is 11.8. The number of aromatic nitrogens is 1. The first-order valence-corrected chi connectivity index (χ1v) is 7.78. The van der Waals surface area contributed by atoms with Gasteiger partial charge in [0.1, 0.15) is 5.15 Å². The molecule has 0 bridgehead atoms. The van der Waals surface area contributed by atoms with E-state index < -0.39 is 0 Å². The predicted octanol–water partition coefficient (Wildman–Crippen LogP) is 5.04. The molecule has 0 aliphatic carbocycles. The molecule has 108 valence electrons. The predicted molar refractivity (Wildman–Crippen MR) is 83.9 cm³/mol. The highest BCUT2D eigenvalue weighted by atomic mass is 35.5. The first kappa shape index (κ1) is 16.7. The Balaban J connectivity index is 2.89. The number of hydrogen-bond donors (Lipinski definition) is 0. The van der Waals surface area contributed by atoms with Crippen molar-refractivity contribution in [2.75, 3.05) is 6.54 Å². The van der Waals surface area contributed by atoms with Crippen molar-refractivity contribution in [2.24, 2.45) is 5.92 Å². The van der Waals surface area contributed by atoms with Crippen LogP contribution in [0, 0.1) is 5.92 Å². The second kappa shape index (κ2) is 8.08. The molecular formula is C15H24Cl2N2. The molecule has 0 saturated carbocycles. The summed E-state index contributed by atoms with van der Waals surface area (Å²) in [4.78, 5) is 6.83. The van der Waals surface area contributed by atoms with Gasteiger partial charge in [-0.15, -0.1) is 0 Å². The fraction of sp³-hybridized carbons (Fsp3) is 0.667. The Hall–Kier alpha value is -0.310. The van der Waals surface area contributed by atoms with Crippen LogP contribution in [0.3, 0.4) is 0 Å². The summed E-state index contributed by atoms with van der Waals surface area (Å²) < 4.78 is 0. The maximum Gasteiger partial charge on any atom is 0.129 e. The van der Waals surface area contributed by atoms with E-state index in [1.807, 2.05) is 6.07 Å². The van der Waals surface area contributed by atoms with Gasteiger partial charge in [0.2, 0.25) is 0 Å². The minimum absolute atomic E-state index is 0.508. The van der Waals surface area contributed by atoms with Crippen LogP contribution < -0.4 is 0 Å². The molecule has 1 aromatic rings. The molecule has 0 radical (unpaired) electrons. The smallest absolute Gasteiger partial charge is 0.129 e. The molecule has 0 aromatic carbocycles. The van der Waals surface area contributed by atoms with Gasteiger partial charge in [-0.2, -0.15) is 0 Å². The quantitative estimate of drug-likeness (QED) is 0.656. The Labute approximate surface area is 127 Å². The average molecular weight is 303 g/mol. The van der Waals surface area contributed by atoms with Crippen molar-refractivity contribution in [3.05, 3.63) is 28.0 Å². The van der Waals surface area contributed by atoms with Gasteiger partial charge in [-0.3, -0.25) is 4.90 Å². The van der Waals surface area contributed by atoms with E-state index in [9.17, 15) is 0 Å². The number of pyridine rings is 1. The molecule has 2 nitrogen and oxygen atoms in total. The molecule has 19 heavy (non-hydrogen) atoms. The third-order valence-corrected chi connectivity index (χ3v) is 3.85. The van der Waals surface area contributed by atoms with E-state index in [1.54, 1.807) is 6.07 Å². The minimum Gasteiger partial charge on any atom is -0.294 e. The molecule has 4 heteroatoms. The van der Waals surface area contributed by atoms with E-state index in [-0.39, 0.29) is 0 Å². The van der Waals surface area contributed by atoms with E-state index >= 15 is 0 Å². The van der Waals surface area contributed by atoms with Gasteiger partial charge in [0.25, 0.3) is 0 Å². The van der Waals surface area contributed by atoms with Crippen molar-refractivity contribution < 1.29 is 0 Å². The summed E-state index contributed by atoms with van der Waals surface area (Å²) >= 11 is 12.2. The molecule has 0 atom stereocenters. The third-order valence-electron chi connectivity index (χ3n) is 3.30. The molecule has 0 saturated heterocycles. The van der Waals surface area contributed by atoms with Gasteiger partial charge in [0, 0.05) is 19.1 Å². The molecule has 1 rings (SSSR count). The lowest BCUT2D eigenvalue weighted by Crippen LogP contribution is -2.37. The number of rotatable bonds is 7. The molecule has 0 N–H and O–H groups in total. The Bertz CT molecular complexity index is 390. The fourth-order valence-electron chi connectivity index (χ4n) is 2.38. The lowest BCUT2D eigenvalue weighted by atomic mass is 10.1. The Morgan fingerprint density at radius 3 is 2.32 bits per heavy atom. The Morgan fingerprint density at radius 2 is 1.79 bits per heavy atom. The van der Waals surface area contributed by atoms with Gasteiger partial charge in [0.05, 0.1) is 10.7 Å². The van der Waals surface area contributed by atoms with Crippen LogP contribution in [0.15, 0.2) is 12.1 Å². The van der Waals surface area contributed by atoms with Crippen LogP contribution in [-0.4, -0.2) is 22.5 Å². The second-order valence-corrected chi connectivity index (χ2v) is 6.15. The third kappa shape index (κ3) is 5.29. The molecular weight excluding hydrogens is 279 g/mol. The van der Waals surface area contributed by atoms with Crippen LogP contribution in [0.4, 0.5) is 0 Å². The van der Waals surface area contributed by atoms with Crippen molar-refractivity contribution >= 4 is 23.2 Å². The molecule has 0 fully saturated rings. The molecule has 0 unspecified atom stereocenters. The summed E-state index contributed by atoms with van der Waals surface area (Å²) in [6, 6.07) is 4.13. The monoisotopic (exact) mass is 302 g/mol. The van der Waals surface area contributed by atoms with Crippen LogP contribution in [0.1, 0.15) is 46.2 Å². The highest BCUT2D eigenvalue weighted by Gasteiger charge is 2.18. The number of halogens is 2. The molecule has 0 aliphatic heterocycles. The molecule has 1 aromatic heterocycles. The van der Waals surface area contributed by atoms with E-state index in [0.29, 0.717) is 22.1 Å². The van der Waals surface area contributed by atoms with Gasteiger partial charge in [-0.1, -0.05) is 50.9 Å². The number of hydrogen-bond acceptors (Lipinski definition) is 2. The van der Waals surface area contributed by atoms with Crippen molar-refractivity contribution in [2.45, 2.75) is 53.1 Å². The topological polar surface area (TPSA) is 16.1 Å². The summed E-state index contributed by atoms with van der Waals surface area (Å²) in [5, 5.41) is 1.21. The zero-order valence-corrected chi connectivity index (χ0v) is 13.8. The Kier molecular flexibility index (Phi) is 7.12. The lowest BCUT2D eigenvalue weighted by Gasteiger charge is -2.31. The zero-order valence-electron chi connectivity index (χ0n) is 12.3. The van der Waals surface area contributed by atoms with E-state index in [2.05, 4.69) is 37.6 Å². The van der Waals surface area contributed by atoms with Crippen LogP contribution in [0.2, 0.25) is 10.2 Å². The van der Waals surface area contributed by atoms with Gasteiger partial charge < -0.3 is 0 Å². The highest BCUT2D eigenvalue weighted by Crippen LogP contribution is 2.21. The van der Waals surface area contributed by atoms with E-state index in [4.69, 9.17) is 23.2 Å². The maximum atomic E-state index is 6.22. The van der Waals surface area contributed by atoms with Gasteiger partial charge >= 0.3 is 0 Å². The van der Waals surface area contributed by atoms with Crippen LogP contribution in [0.25, 0.3) is 0 Å². The summed E-state index contributed by atoms with van der Waals surface area (Å²) in [7, 11) is 0.